The van der Waals surface area contributed by atoms with E-state index < -0.39 is 0 Å². The molecule has 1 amide bonds. The maximum absolute atomic E-state index is 12.4. The van der Waals surface area contributed by atoms with Gasteiger partial charge in [0.15, 0.2) is 0 Å². The van der Waals surface area contributed by atoms with Crippen LogP contribution in [0.2, 0.25) is 0 Å². The average Bonchev–Trinajstić information content (AvgIpc) is 3.38. The smallest absolute Gasteiger partial charge is 0.234 e. The molecular weight excluding hydrogens is 290 g/mol. The van der Waals surface area contributed by atoms with Crippen molar-refractivity contribution in [2.24, 2.45) is 11.8 Å². The van der Waals surface area contributed by atoms with Gasteiger partial charge in [0.2, 0.25) is 5.91 Å². The summed E-state index contributed by atoms with van der Waals surface area (Å²) in [5.74, 6) is 1.74. The molecule has 23 heavy (non-hydrogen) atoms. The van der Waals surface area contributed by atoms with Gasteiger partial charge in [0.1, 0.15) is 0 Å². The largest absolute Gasteiger partial charge is 0.392 e. The SMILES string of the molecule is CC[C@@H]1CN(CC(=O)NC(C2CC2)C2CC2)CCN1C[C@H](C)O. The summed E-state index contributed by atoms with van der Waals surface area (Å²) in [6, 6.07) is 0.912. The van der Waals surface area contributed by atoms with E-state index in [4.69, 9.17) is 0 Å². The number of piperazine rings is 1. The Morgan fingerprint density at radius 2 is 1.87 bits per heavy atom. The Labute approximate surface area is 140 Å². The van der Waals surface area contributed by atoms with Crippen LogP contribution in [0.4, 0.5) is 0 Å². The van der Waals surface area contributed by atoms with Gasteiger partial charge in [-0.05, 0) is 50.9 Å². The number of nitrogens with zero attached hydrogens (tertiary/aromatic N) is 2. The van der Waals surface area contributed by atoms with Crippen molar-refractivity contribution >= 4 is 5.91 Å². The molecule has 0 aromatic carbocycles. The van der Waals surface area contributed by atoms with Crippen LogP contribution in [0.3, 0.4) is 0 Å². The summed E-state index contributed by atoms with van der Waals surface area (Å²) in [6.07, 6.45) is 6.00. The van der Waals surface area contributed by atoms with Crippen molar-refractivity contribution < 1.29 is 9.90 Å². The van der Waals surface area contributed by atoms with Gasteiger partial charge in [-0.15, -0.1) is 0 Å². The molecule has 0 radical (unpaired) electrons. The van der Waals surface area contributed by atoms with Gasteiger partial charge in [-0.25, -0.2) is 0 Å². The molecule has 3 aliphatic rings. The molecule has 2 atom stereocenters. The zero-order chi connectivity index (χ0) is 16.4. The topological polar surface area (TPSA) is 55.8 Å². The van der Waals surface area contributed by atoms with Crippen molar-refractivity contribution in [2.75, 3.05) is 32.7 Å². The van der Waals surface area contributed by atoms with E-state index in [9.17, 15) is 9.90 Å². The lowest BCUT2D eigenvalue weighted by Gasteiger charge is -2.41. The third-order valence-corrected chi connectivity index (χ3v) is 5.61. The third kappa shape index (κ3) is 4.91. The minimum absolute atomic E-state index is 0.215. The molecule has 3 fully saturated rings. The normalized spacial score (nSPS) is 28.1. The average molecular weight is 323 g/mol. The highest BCUT2D eigenvalue weighted by Crippen LogP contribution is 2.44. The van der Waals surface area contributed by atoms with Crippen LogP contribution in [0.1, 0.15) is 46.0 Å². The first-order valence-corrected chi connectivity index (χ1v) is 9.50. The van der Waals surface area contributed by atoms with Crippen LogP contribution in [0.25, 0.3) is 0 Å². The first kappa shape index (κ1) is 17.2. The first-order valence-electron chi connectivity index (χ1n) is 9.50. The number of amides is 1. The number of β-amino-alcohol motifs (C(OH)–C–C–N with tert-alkyl or cyclic N) is 1. The van der Waals surface area contributed by atoms with Gasteiger partial charge in [-0.3, -0.25) is 14.6 Å². The number of carbonyl (C=O) groups is 1. The van der Waals surface area contributed by atoms with Crippen molar-refractivity contribution in [1.29, 1.82) is 0 Å². The van der Waals surface area contributed by atoms with E-state index in [0.717, 1.165) is 44.4 Å². The van der Waals surface area contributed by atoms with E-state index in [0.29, 0.717) is 18.6 Å². The highest BCUT2D eigenvalue weighted by molar-refractivity contribution is 5.78. The maximum Gasteiger partial charge on any atom is 0.234 e. The van der Waals surface area contributed by atoms with Gasteiger partial charge in [0.25, 0.3) is 0 Å². The van der Waals surface area contributed by atoms with Crippen LogP contribution in [-0.4, -0.2) is 71.7 Å². The molecule has 0 aromatic rings. The van der Waals surface area contributed by atoms with E-state index in [1.54, 1.807) is 0 Å². The summed E-state index contributed by atoms with van der Waals surface area (Å²) >= 11 is 0. The lowest BCUT2D eigenvalue weighted by atomic mass is 10.1. The number of aliphatic hydroxyl groups is 1. The number of hydrogen-bond donors (Lipinski definition) is 2. The molecule has 1 saturated heterocycles. The summed E-state index contributed by atoms with van der Waals surface area (Å²) < 4.78 is 0. The summed E-state index contributed by atoms with van der Waals surface area (Å²) in [5, 5.41) is 13.0. The minimum Gasteiger partial charge on any atom is -0.392 e. The second kappa shape index (κ2) is 7.49. The van der Waals surface area contributed by atoms with Gasteiger partial charge in [0.05, 0.1) is 12.6 Å². The van der Waals surface area contributed by atoms with Crippen LogP contribution in [-0.2, 0) is 4.79 Å². The fraction of sp³-hybridized carbons (Fsp3) is 0.944. The highest BCUT2D eigenvalue weighted by atomic mass is 16.3. The summed E-state index contributed by atoms with van der Waals surface area (Å²) in [7, 11) is 0. The van der Waals surface area contributed by atoms with Crippen molar-refractivity contribution in [3.05, 3.63) is 0 Å². The molecular formula is C18H33N3O2. The van der Waals surface area contributed by atoms with Gasteiger partial charge in [0, 0.05) is 38.3 Å². The number of aliphatic hydroxyl groups excluding tert-OH is 1. The van der Waals surface area contributed by atoms with Crippen molar-refractivity contribution in [3.8, 4) is 0 Å². The zero-order valence-electron chi connectivity index (χ0n) is 14.7. The van der Waals surface area contributed by atoms with Gasteiger partial charge >= 0.3 is 0 Å². The first-order chi connectivity index (χ1) is 11.1. The number of nitrogens with one attached hydrogen (secondary N) is 1. The van der Waals surface area contributed by atoms with Crippen LogP contribution in [0.5, 0.6) is 0 Å². The van der Waals surface area contributed by atoms with Crippen LogP contribution >= 0.6 is 0 Å². The summed E-state index contributed by atoms with van der Waals surface area (Å²) in [5.41, 5.74) is 0. The second-order valence-electron chi connectivity index (χ2n) is 7.91. The molecule has 0 aromatic heterocycles. The molecule has 2 saturated carbocycles. The Morgan fingerprint density at radius 1 is 1.22 bits per heavy atom. The van der Waals surface area contributed by atoms with E-state index in [1.807, 2.05) is 6.92 Å². The molecule has 5 nitrogen and oxygen atoms in total. The molecule has 0 unspecified atom stereocenters. The van der Waals surface area contributed by atoms with Gasteiger partial charge in [-0.2, -0.15) is 0 Å². The maximum atomic E-state index is 12.4. The second-order valence-corrected chi connectivity index (χ2v) is 7.91. The molecule has 132 valence electrons. The number of hydrogen-bond acceptors (Lipinski definition) is 4. The van der Waals surface area contributed by atoms with E-state index in [1.165, 1.54) is 25.7 Å². The summed E-state index contributed by atoms with van der Waals surface area (Å²) in [4.78, 5) is 17.1. The van der Waals surface area contributed by atoms with E-state index >= 15 is 0 Å². The lowest BCUT2D eigenvalue weighted by molar-refractivity contribution is -0.124. The Hall–Kier alpha value is -0.650. The summed E-state index contributed by atoms with van der Waals surface area (Å²) in [6.45, 7) is 8.13. The molecule has 3 rings (SSSR count). The predicted molar refractivity (Wildman–Crippen MR) is 91.2 cm³/mol. The molecule has 0 spiro atoms. The van der Waals surface area contributed by atoms with E-state index in [-0.39, 0.29) is 12.0 Å². The van der Waals surface area contributed by atoms with Gasteiger partial charge < -0.3 is 10.4 Å². The Morgan fingerprint density at radius 3 is 2.39 bits per heavy atom. The molecule has 1 heterocycles. The quantitative estimate of drug-likeness (QED) is 0.701. The third-order valence-electron chi connectivity index (χ3n) is 5.61. The minimum atomic E-state index is -0.281. The molecule has 5 heteroatoms. The zero-order valence-corrected chi connectivity index (χ0v) is 14.7. The van der Waals surface area contributed by atoms with Crippen LogP contribution in [0.15, 0.2) is 0 Å². The monoisotopic (exact) mass is 323 g/mol. The fourth-order valence-corrected chi connectivity index (χ4v) is 4.03. The highest BCUT2D eigenvalue weighted by Gasteiger charge is 2.42. The standard InChI is InChI=1S/C18H33N3O2/c1-3-16-11-20(8-9-21(16)10-13(2)22)12-17(23)19-18(14-4-5-14)15-6-7-15/h13-16,18,22H,3-12H2,1-2H3,(H,19,23)/t13-,16+/m0/s1. The number of rotatable bonds is 8. The molecule has 2 N–H and O–H groups in total. The van der Waals surface area contributed by atoms with Crippen molar-refractivity contribution in [3.63, 3.8) is 0 Å². The predicted octanol–water partition coefficient (Wildman–Crippen LogP) is 1.07. The lowest BCUT2D eigenvalue weighted by Crippen LogP contribution is -2.56. The molecule has 2 aliphatic carbocycles. The fourth-order valence-electron chi connectivity index (χ4n) is 4.03. The Kier molecular flexibility index (Phi) is 5.60. The van der Waals surface area contributed by atoms with Crippen molar-refractivity contribution in [2.45, 2.75) is 64.1 Å². The Bertz CT molecular complexity index is 395. The van der Waals surface area contributed by atoms with Crippen LogP contribution in [0, 0.1) is 11.8 Å². The van der Waals surface area contributed by atoms with Crippen molar-refractivity contribution in [1.82, 2.24) is 15.1 Å². The van der Waals surface area contributed by atoms with Gasteiger partial charge in [-0.1, -0.05) is 6.92 Å². The molecule has 1 aliphatic heterocycles. The number of carbonyl (C=O) groups excluding carboxylic acids is 1. The Balaban J connectivity index is 1.45. The van der Waals surface area contributed by atoms with Crippen LogP contribution < -0.4 is 5.32 Å². The van der Waals surface area contributed by atoms with E-state index in [2.05, 4.69) is 22.0 Å². The molecule has 0 bridgehead atoms.